The second kappa shape index (κ2) is 9.09. The van der Waals surface area contributed by atoms with Crippen LogP contribution >= 0.6 is 0 Å². The van der Waals surface area contributed by atoms with Gasteiger partial charge in [-0.2, -0.15) is 9.61 Å². The van der Waals surface area contributed by atoms with Crippen molar-refractivity contribution >= 4 is 28.9 Å². The van der Waals surface area contributed by atoms with Gasteiger partial charge >= 0.3 is 0 Å². The Morgan fingerprint density at radius 2 is 2.03 bits per heavy atom. The lowest BCUT2D eigenvalue weighted by atomic mass is 9.81. The number of aromatic nitrogens is 4. The predicted octanol–water partition coefficient (Wildman–Crippen LogP) is 2.68. The average Bonchev–Trinajstić information content (AvgIpc) is 3.27. The van der Waals surface area contributed by atoms with Crippen LogP contribution in [0, 0.1) is 5.92 Å². The van der Waals surface area contributed by atoms with E-state index in [0.717, 1.165) is 32.1 Å². The standard InChI is InChI=1S/C24H31N7O3/c1-14-9-10-16(14)28-23(33)15-13-26-31-21(25-2)12-20(29-22(15)31)27-17-6-5-11-30(24(17)34)18-7-3-4-8-19(18)32/h5-6,11-14,16,18-19,25,32H,3-4,7-10H2,1-2H3,(H,27,29)(H,28,33)/t14-,16+,18-,19+/m1/s1. The van der Waals surface area contributed by atoms with E-state index >= 15 is 0 Å². The van der Waals surface area contributed by atoms with Crippen molar-refractivity contribution in [3.05, 3.63) is 46.5 Å². The third-order valence-corrected chi connectivity index (χ3v) is 7.20. The fourth-order valence-corrected chi connectivity index (χ4v) is 4.91. The number of carbonyl (C=O) groups excluding carboxylic acids is 1. The Bertz CT molecular complexity index is 1270. The normalized spacial score (nSPS) is 24.4. The minimum absolute atomic E-state index is 0.172. The maximum Gasteiger partial charge on any atom is 0.274 e. The van der Waals surface area contributed by atoms with E-state index in [1.54, 1.807) is 40.5 Å². The van der Waals surface area contributed by atoms with Crippen LogP contribution in [0.1, 0.15) is 61.8 Å². The quantitative estimate of drug-likeness (QED) is 0.441. The number of aliphatic hydroxyl groups excluding tert-OH is 1. The highest BCUT2D eigenvalue weighted by Gasteiger charge is 2.30. The first-order chi connectivity index (χ1) is 16.5. The highest BCUT2D eigenvalue weighted by atomic mass is 16.3. The van der Waals surface area contributed by atoms with Gasteiger partial charge in [-0.1, -0.05) is 19.8 Å². The van der Waals surface area contributed by atoms with E-state index < -0.39 is 6.10 Å². The zero-order chi connectivity index (χ0) is 23.8. The van der Waals surface area contributed by atoms with Crippen molar-refractivity contribution in [1.29, 1.82) is 0 Å². The Balaban J connectivity index is 1.47. The van der Waals surface area contributed by atoms with Crippen molar-refractivity contribution in [2.24, 2.45) is 5.92 Å². The van der Waals surface area contributed by atoms with E-state index in [1.807, 2.05) is 0 Å². The predicted molar refractivity (Wildman–Crippen MR) is 130 cm³/mol. The van der Waals surface area contributed by atoms with Gasteiger partial charge in [0.05, 0.1) is 18.3 Å². The van der Waals surface area contributed by atoms with E-state index in [-0.39, 0.29) is 23.6 Å². The van der Waals surface area contributed by atoms with Crippen LogP contribution in [0.25, 0.3) is 5.65 Å². The Labute approximate surface area is 197 Å². The van der Waals surface area contributed by atoms with Gasteiger partial charge in [0.2, 0.25) is 0 Å². The van der Waals surface area contributed by atoms with E-state index in [4.69, 9.17) is 0 Å². The van der Waals surface area contributed by atoms with Gasteiger partial charge in [0.25, 0.3) is 11.5 Å². The minimum Gasteiger partial charge on any atom is -0.391 e. The van der Waals surface area contributed by atoms with Crippen molar-refractivity contribution in [3.8, 4) is 0 Å². The number of rotatable bonds is 6. The molecule has 0 radical (unpaired) electrons. The summed E-state index contributed by atoms with van der Waals surface area (Å²) in [7, 11) is 1.76. The van der Waals surface area contributed by atoms with Crippen LogP contribution in [0.3, 0.4) is 0 Å². The van der Waals surface area contributed by atoms with E-state index in [9.17, 15) is 14.7 Å². The number of nitrogens with one attached hydrogen (secondary N) is 3. The van der Waals surface area contributed by atoms with Gasteiger partial charge in [-0.25, -0.2) is 4.98 Å². The monoisotopic (exact) mass is 465 g/mol. The van der Waals surface area contributed by atoms with Crippen molar-refractivity contribution in [3.63, 3.8) is 0 Å². The van der Waals surface area contributed by atoms with E-state index in [0.29, 0.717) is 40.9 Å². The summed E-state index contributed by atoms with van der Waals surface area (Å²) in [4.78, 5) is 30.8. The van der Waals surface area contributed by atoms with Gasteiger partial charge in [0, 0.05) is 25.4 Å². The van der Waals surface area contributed by atoms with Crippen molar-refractivity contribution in [2.45, 2.75) is 63.6 Å². The summed E-state index contributed by atoms with van der Waals surface area (Å²) < 4.78 is 3.19. The summed E-state index contributed by atoms with van der Waals surface area (Å²) in [5.41, 5.74) is 0.924. The summed E-state index contributed by atoms with van der Waals surface area (Å²) in [5, 5.41) is 24.0. The third-order valence-electron chi connectivity index (χ3n) is 7.20. The first-order valence-electron chi connectivity index (χ1n) is 12.0. The molecular weight excluding hydrogens is 434 g/mol. The molecule has 2 aliphatic carbocycles. The van der Waals surface area contributed by atoms with Crippen molar-refractivity contribution in [2.75, 3.05) is 17.7 Å². The fraction of sp³-hybridized carbons (Fsp3) is 0.500. The first kappa shape index (κ1) is 22.4. The van der Waals surface area contributed by atoms with Crippen LogP contribution in [-0.2, 0) is 0 Å². The SMILES string of the molecule is CNc1cc(Nc2cccn([C@@H]3CCCC[C@@H]3O)c2=O)nc2c(C(=O)N[C@H]3CC[C@H]3C)cnn12. The molecule has 10 heteroatoms. The molecule has 10 nitrogen and oxygen atoms in total. The van der Waals surface area contributed by atoms with Crippen molar-refractivity contribution in [1.82, 2.24) is 24.5 Å². The number of pyridine rings is 1. The lowest BCUT2D eigenvalue weighted by Gasteiger charge is -2.34. The number of anilines is 3. The summed E-state index contributed by atoms with van der Waals surface area (Å²) in [5.74, 6) is 1.31. The zero-order valence-electron chi connectivity index (χ0n) is 19.5. The molecule has 0 unspecified atom stereocenters. The largest absolute Gasteiger partial charge is 0.391 e. The molecule has 3 aromatic heterocycles. The van der Waals surface area contributed by atoms with Crippen LogP contribution in [-0.4, -0.2) is 49.4 Å². The van der Waals surface area contributed by atoms with Gasteiger partial charge < -0.3 is 25.6 Å². The fourth-order valence-electron chi connectivity index (χ4n) is 4.91. The molecule has 34 heavy (non-hydrogen) atoms. The Morgan fingerprint density at radius 3 is 2.74 bits per heavy atom. The summed E-state index contributed by atoms with van der Waals surface area (Å²) in [6.07, 6.45) is 8.24. The van der Waals surface area contributed by atoms with Gasteiger partial charge in [-0.15, -0.1) is 0 Å². The number of aliphatic hydroxyl groups is 1. The molecular formula is C24H31N7O3. The topological polar surface area (TPSA) is 126 Å². The lowest BCUT2D eigenvalue weighted by molar-refractivity contribution is 0.0739. The first-order valence-corrected chi connectivity index (χ1v) is 12.0. The molecule has 0 bridgehead atoms. The molecule has 5 rings (SSSR count). The number of nitrogens with zero attached hydrogens (tertiary/aromatic N) is 4. The van der Waals surface area contributed by atoms with Crippen LogP contribution in [0.5, 0.6) is 0 Å². The molecule has 0 aromatic carbocycles. The van der Waals surface area contributed by atoms with Crippen molar-refractivity contribution < 1.29 is 9.90 Å². The molecule has 3 aromatic rings. The minimum atomic E-state index is -0.529. The van der Waals surface area contributed by atoms with Crippen LogP contribution in [0.4, 0.5) is 17.3 Å². The smallest absolute Gasteiger partial charge is 0.274 e. The van der Waals surface area contributed by atoms with E-state index in [1.165, 1.54) is 6.20 Å². The van der Waals surface area contributed by atoms with Gasteiger partial charge in [-0.05, 0) is 43.7 Å². The van der Waals surface area contributed by atoms with Gasteiger partial charge in [-0.3, -0.25) is 9.59 Å². The highest BCUT2D eigenvalue weighted by molar-refractivity contribution is 6.00. The maximum atomic E-state index is 13.2. The second-order valence-electron chi connectivity index (χ2n) is 9.38. The number of fused-ring (bicyclic) bond motifs is 1. The molecule has 0 aliphatic heterocycles. The van der Waals surface area contributed by atoms with Gasteiger partial charge in [0.1, 0.15) is 22.9 Å². The number of carbonyl (C=O) groups is 1. The lowest BCUT2D eigenvalue weighted by Crippen LogP contribution is -2.45. The molecule has 1 amide bonds. The summed E-state index contributed by atoms with van der Waals surface area (Å²) in [6.45, 7) is 2.13. The Morgan fingerprint density at radius 1 is 1.21 bits per heavy atom. The molecule has 180 valence electrons. The molecule has 4 N–H and O–H groups in total. The van der Waals surface area contributed by atoms with Crippen LogP contribution in [0.2, 0.25) is 0 Å². The van der Waals surface area contributed by atoms with E-state index in [2.05, 4.69) is 33.0 Å². The number of hydrogen-bond donors (Lipinski definition) is 4. The molecule has 2 saturated carbocycles. The zero-order valence-corrected chi connectivity index (χ0v) is 19.5. The van der Waals surface area contributed by atoms with Gasteiger partial charge in [0.15, 0.2) is 5.65 Å². The highest BCUT2D eigenvalue weighted by Crippen LogP contribution is 2.29. The number of hydrogen-bond acceptors (Lipinski definition) is 7. The average molecular weight is 466 g/mol. The molecule has 2 fully saturated rings. The Hall–Kier alpha value is -3.40. The number of amides is 1. The van der Waals surface area contributed by atoms with Crippen LogP contribution < -0.4 is 21.5 Å². The van der Waals surface area contributed by atoms with Crippen LogP contribution in [0.15, 0.2) is 35.4 Å². The Kier molecular flexibility index (Phi) is 5.99. The summed E-state index contributed by atoms with van der Waals surface area (Å²) >= 11 is 0. The molecule has 0 spiro atoms. The maximum absolute atomic E-state index is 13.2. The third kappa shape index (κ3) is 4.02. The second-order valence-corrected chi connectivity index (χ2v) is 9.38. The molecule has 0 saturated heterocycles. The summed E-state index contributed by atoms with van der Waals surface area (Å²) in [6, 6.07) is 5.17. The molecule has 3 heterocycles. The molecule has 2 aliphatic rings. The molecule has 4 atom stereocenters.